The summed E-state index contributed by atoms with van der Waals surface area (Å²) in [5, 5.41) is 4.22. The molecule has 0 spiro atoms. The largest absolute Gasteiger partial charge is 0.497 e. The predicted octanol–water partition coefficient (Wildman–Crippen LogP) is 3.20. The third-order valence-corrected chi connectivity index (χ3v) is 4.14. The SMILES string of the molecule is COc1cccc(CCNc2cc(N)c(C(C)=O)s2)c1. The molecule has 4 nitrogen and oxygen atoms in total. The third kappa shape index (κ3) is 3.51. The highest BCUT2D eigenvalue weighted by atomic mass is 32.1. The van der Waals surface area contributed by atoms with Crippen LogP contribution in [0.4, 0.5) is 10.7 Å². The molecule has 20 heavy (non-hydrogen) atoms. The Balaban J connectivity index is 1.92. The first-order chi connectivity index (χ1) is 9.60. The molecule has 0 aliphatic rings. The van der Waals surface area contributed by atoms with Crippen molar-refractivity contribution in [2.45, 2.75) is 13.3 Å². The van der Waals surface area contributed by atoms with E-state index in [1.807, 2.05) is 24.3 Å². The lowest BCUT2D eigenvalue weighted by atomic mass is 10.1. The summed E-state index contributed by atoms with van der Waals surface area (Å²) in [6, 6.07) is 9.80. The summed E-state index contributed by atoms with van der Waals surface area (Å²) in [4.78, 5) is 12.0. The van der Waals surface area contributed by atoms with Gasteiger partial charge in [-0.05, 0) is 30.2 Å². The monoisotopic (exact) mass is 290 g/mol. The molecule has 0 amide bonds. The zero-order valence-corrected chi connectivity index (χ0v) is 12.4. The van der Waals surface area contributed by atoms with E-state index in [0.717, 1.165) is 23.7 Å². The Labute approximate surface area is 122 Å². The summed E-state index contributed by atoms with van der Waals surface area (Å²) in [5.74, 6) is 0.870. The van der Waals surface area contributed by atoms with E-state index in [-0.39, 0.29) is 5.78 Å². The van der Waals surface area contributed by atoms with E-state index in [2.05, 4.69) is 11.4 Å². The molecule has 1 aromatic carbocycles. The van der Waals surface area contributed by atoms with Gasteiger partial charge in [0.25, 0.3) is 0 Å². The lowest BCUT2D eigenvalue weighted by molar-refractivity contribution is 0.102. The predicted molar refractivity (Wildman–Crippen MR) is 83.9 cm³/mol. The summed E-state index contributed by atoms with van der Waals surface area (Å²) in [6.07, 6.45) is 0.879. The van der Waals surface area contributed by atoms with E-state index in [0.29, 0.717) is 10.6 Å². The average Bonchev–Trinajstić information content (AvgIpc) is 2.80. The van der Waals surface area contributed by atoms with Crippen LogP contribution in [0.5, 0.6) is 5.75 Å². The minimum absolute atomic E-state index is 0.00773. The molecule has 1 heterocycles. The Morgan fingerprint density at radius 1 is 1.40 bits per heavy atom. The van der Waals surface area contributed by atoms with E-state index >= 15 is 0 Å². The van der Waals surface area contributed by atoms with E-state index in [1.54, 1.807) is 7.11 Å². The van der Waals surface area contributed by atoms with Crippen LogP contribution in [0.3, 0.4) is 0 Å². The van der Waals surface area contributed by atoms with Crippen molar-refractivity contribution >= 4 is 27.8 Å². The smallest absolute Gasteiger partial charge is 0.171 e. The first-order valence-corrected chi connectivity index (χ1v) is 7.19. The van der Waals surface area contributed by atoms with Gasteiger partial charge in [-0.2, -0.15) is 0 Å². The van der Waals surface area contributed by atoms with Crippen molar-refractivity contribution in [3.8, 4) is 5.75 Å². The maximum absolute atomic E-state index is 11.3. The number of hydrogen-bond acceptors (Lipinski definition) is 5. The first kappa shape index (κ1) is 14.4. The molecule has 1 aromatic heterocycles. The van der Waals surface area contributed by atoms with E-state index in [1.165, 1.54) is 23.8 Å². The minimum Gasteiger partial charge on any atom is -0.497 e. The second kappa shape index (κ2) is 6.43. The normalized spacial score (nSPS) is 10.3. The van der Waals surface area contributed by atoms with Crippen LogP contribution in [0.25, 0.3) is 0 Å². The highest BCUT2D eigenvalue weighted by Gasteiger charge is 2.09. The number of rotatable bonds is 6. The number of anilines is 2. The molecule has 0 aliphatic heterocycles. The van der Waals surface area contributed by atoms with Crippen molar-refractivity contribution in [2.75, 3.05) is 24.7 Å². The van der Waals surface area contributed by atoms with Crippen LogP contribution < -0.4 is 15.8 Å². The number of methoxy groups -OCH3 is 1. The van der Waals surface area contributed by atoms with Gasteiger partial charge in [0.2, 0.25) is 0 Å². The van der Waals surface area contributed by atoms with Crippen LogP contribution in [0.2, 0.25) is 0 Å². The zero-order chi connectivity index (χ0) is 14.5. The number of carbonyl (C=O) groups excluding carboxylic acids is 1. The van der Waals surface area contributed by atoms with E-state index in [4.69, 9.17) is 10.5 Å². The van der Waals surface area contributed by atoms with E-state index in [9.17, 15) is 4.79 Å². The lowest BCUT2D eigenvalue weighted by Gasteiger charge is -2.05. The number of Topliss-reactive ketones (excluding diaryl/α,β-unsaturated/α-hetero) is 1. The molecule has 0 fully saturated rings. The van der Waals surface area contributed by atoms with Crippen molar-refractivity contribution in [1.82, 2.24) is 0 Å². The third-order valence-electron chi connectivity index (χ3n) is 2.93. The highest BCUT2D eigenvalue weighted by Crippen LogP contribution is 2.29. The van der Waals surface area contributed by atoms with Crippen molar-refractivity contribution in [1.29, 1.82) is 0 Å². The second-order valence-electron chi connectivity index (χ2n) is 4.48. The lowest BCUT2D eigenvalue weighted by Crippen LogP contribution is -2.03. The minimum atomic E-state index is 0.00773. The van der Waals surface area contributed by atoms with Gasteiger partial charge in [0.05, 0.1) is 22.7 Å². The number of carbonyl (C=O) groups is 1. The fraction of sp³-hybridized carbons (Fsp3) is 0.267. The Hall–Kier alpha value is -2.01. The fourth-order valence-electron chi connectivity index (χ4n) is 1.93. The summed E-state index contributed by atoms with van der Waals surface area (Å²) in [5.41, 5.74) is 7.55. The van der Waals surface area contributed by atoms with Gasteiger partial charge in [-0.1, -0.05) is 12.1 Å². The van der Waals surface area contributed by atoms with Gasteiger partial charge < -0.3 is 15.8 Å². The van der Waals surface area contributed by atoms with Crippen LogP contribution >= 0.6 is 11.3 Å². The molecule has 0 aliphatic carbocycles. The molecule has 2 rings (SSSR count). The number of nitrogen functional groups attached to an aromatic ring is 1. The quantitative estimate of drug-likeness (QED) is 0.802. The highest BCUT2D eigenvalue weighted by molar-refractivity contribution is 7.18. The number of ketones is 1. The number of benzene rings is 1. The molecule has 0 unspecified atom stereocenters. The number of thiophene rings is 1. The maximum Gasteiger partial charge on any atom is 0.171 e. The average molecular weight is 290 g/mol. The Morgan fingerprint density at radius 2 is 2.20 bits per heavy atom. The Kier molecular flexibility index (Phi) is 4.63. The molecule has 2 aromatic rings. The Bertz CT molecular complexity index is 608. The number of nitrogens with two attached hydrogens (primary N) is 1. The first-order valence-electron chi connectivity index (χ1n) is 6.37. The van der Waals surface area contributed by atoms with Gasteiger partial charge in [0, 0.05) is 13.5 Å². The molecule has 0 bridgehead atoms. The maximum atomic E-state index is 11.3. The van der Waals surface area contributed by atoms with Gasteiger partial charge >= 0.3 is 0 Å². The topological polar surface area (TPSA) is 64.3 Å². The van der Waals surface area contributed by atoms with Gasteiger partial charge in [0.1, 0.15) is 5.75 Å². The molecule has 3 N–H and O–H groups in total. The van der Waals surface area contributed by atoms with Crippen molar-refractivity contribution < 1.29 is 9.53 Å². The Morgan fingerprint density at radius 3 is 2.85 bits per heavy atom. The molecule has 0 radical (unpaired) electrons. The van der Waals surface area contributed by atoms with Crippen LogP contribution in [0.1, 0.15) is 22.2 Å². The number of ether oxygens (including phenoxy) is 1. The standard InChI is InChI=1S/C15H18N2O2S/c1-10(18)15-13(16)9-14(20-15)17-7-6-11-4-3-5-12(8-11)19-2/h3-5,8-9,17H,6-7,16H2,1-2H3. The molecule has 106 valence electrons. The van der Waals surface area contributed by atoms with Gasteiger partial charge in [0.15, 0.2) is 5.78 Å². The van der Waals surface area contributed by atoms with Crippen LogP contribution in [-0.2, 0) is 6.42 Å². The molecule has 0 saturated heterocycles. The van der Waals surface area contributed by atoms with Gasteiger partial charge in [-0.3, -0.25) is 4.79 Å². The zero-order valence-electron chi connectivity index (χ0n) is 11.6. The van der Waals surface area contributed by atoms with Gasteiger partial charge in [-0.25, -0.2) is 0 Å². The van der Waals surface area contributed by atoms with Crippen LogP contribution in [0, 0.1) is 0 Å². The van der Waals surface area contributed by atoms with Crippen LogP contribution in [0.15, 0.2) is 30.3 Å². The molecular weight excluding hydrogens is 272 g/mol. The number of nitrogens with one attached hydrogen (secondary N) is 1. The molecule has 5 heteroatoms. The fourth-order valence-corrected chi connectivity index (χ4v) is 2.83. The summed E-state index contributed by atoms with van der Waals surface area (Å²) in [7, 11) is 1.66. The van der Waals surface area contributed by atoms with Crippen LogP contribution in [-0.4, -0.2) is 19.4 Å². The van der Waals surface area contributed by atoms with Crippen molar-refractivity contribution in [2.24, 2.45) is 0 Å². The van der Waals surface area contributed by atoms with Crippen molar-refractivity contribution in [3.05, 3.63) is 40.8 Å². The second-order valence-corrected chi connectivity index (χ2v) is 5.53. The van der Waals surface area contributed by atoms with E-state index < -0.39 is 0 Å². The summed E-state index contributed by atoms with van der Waals surface area (Å²) < 4.78 is 5.19. The molecule has 0 saturated carbocycles. The van der Waals surface area contributed by atoms with Gasteiger partial charge in [-0.15, -0.1) is 11.3 Å². The summed E-state index contributed by atoms with van der Waals surface area (Å²) in [6.45, 7) is 2.31. The molecule has 0 atom stereocenters. The number of hydrogen-bond donors (Lipinski definition) is 2. The summed E-state index contributed by atoms with van der Waals surface area (Å²) >= 11 is 1.40. The van der Waals surface area contributed by atoms with Crippen molar-refractivity contribution in [3.63, 3.8) is 0 Å². The molecular formula is C15H18N2O2S.